The van der Waals surface area contributed by atoms with Crippen LogP contribution in [0.3, 0.4) is 0 Å². The Morgan fingerprint density at radius 1 is 1.15 bits per heavy atom. The summed E-state index contributed by atoms with van der Waals surface area (Å²) in [4.78, 5) is 0. The Morgan fingerprint density at radius 2 is 2.00 bits per heavy atom. The molecule has 0 radical (unpaired) electrons. The van der Waals surface area contributed by atoms with Crippen LogP contribution in [0.1, 0.15) is 18.1 Å². The molecule has 2 heteroatoms. The Morgan fingerprint density at radius 3 is 2.85 bits per heavy atom. The van der Waals surface area contributed by atoms with Gasteiger partial charge in [-0.15, -0.1) is 0 Å². The van der Waals surface area contributed by atoms with E-state index in [1.54, 1.807) is 0 Å². The summed E-state index contributed by atoms with van der Waals surface area (Å²) in [6.07, 6.45) is 1.03. The summed E-state index contributed by atoms with van der Waals surface area (Å²) in [6.45, 7) is 2.73. The molecule has 2 nitrogen and oxygen atoms in total. The maximum Gasteiger partial charge on any atom is 0.120 e. The molecule has 0 amide bonds. The van der Waals surface area contributed by atoms with Crippen LogP contribution in [0, 0.1) is 0 Å². The topological polar surface area (TPSA) is 14.2 Å². The van der Waals surface area contributed by atoms with Gasteiger partial charge in [-0.25, -0.2) is 0 Å². The summed E-state index contributed by atoms with van der Waals surface area (Å²) in [6, 6.07) is 15.1. The van der Waals surface area contributed by atoms with Crippen molar-refractivity contribution in [2.75, 3.05) is 6.61 Å². The largest absolute Gasteiger partial charge is 0.494 e. The lowest BCUT2D eigenvalue weighted by Gasteiger charge is -2.06. The van der Waals surface area contributed by atoms with E-state index in [0.29, 0.717) is 6.61 Å². The number of aryl methyl sites for hydroxylation is 1. The predicted molar refractivity (Wildman–Crippen MR) is 82.3 cm³/mol. The second-order valence-corrected chi connectivity index (χ2v) is 5.33. The first kappa shape index (κ1) is 11.6. The van der Waals surface area contributed by atoms with Gasteiger partial charge in [0.2, 0.25) is 0 Å². The number of nitrogens with zero attached hydrogens (tertiary/aromatic N) is 1. The summed E-state index contributed by atoms with van der Waals surface area (Å²) in [5.41, 5.74) is 6.89. The Hall–Kier alpha value is -2.22. The van der Waals surface area contributed by atoms with Gasteiger partial charge in [0.15, 0.2) is 0 Å². The molecular weight excluding hydrogens is 246 g/mol. The third-order valence-corrected chi connectivity index (χ3v) is 4.23. The first-order valence-corrected chi connectivity index (χ1v) is 7.12. The number of ether oxygens (including phenoxy) is 1. The Balaban J connectivity index is 2.00. The van der Waals surface area contributed by atoms with Gasteiger partial charge in [-0.1, -0.05) is 24.3 Å². The van der Waals surface area contributed by atoms with E-state index in [1.807, 2.05) is 6.92 Å². The van der Waals surface area contributed by atoms with Gasteiger partial charge in [-0.05, 0) is 36.2 Å². The van der Waals surface area contributed by atoms with Gasteiger partial charge in [0.05, 0.1) is 12.3 Å². The Bertz CT molecular complexity index is 814. The molecule has 4 rings (SSSR count). The van der Waals surface area contributed by atoms with Crippen molar-refractivity contribution in [3.05, 3.63) is 53.6 Å². The van der Waals surface area contributed by atoms with Crippen LogP contribution in [0.5, 0.6) is 5.75 Å². The van der Waals surface area contributed by atoms with Gasteiger partial charge in [-0.2, -0.15) is 0 Å². The van der Waals surface area contributed by atoms with Crippen LogP contribution in [0.2, 0.25) is 0 Å². The summed E-state index contributed by atoms with van der Waals surface area (Å²) in [5, 5.41) is 1.32. The van der Waals surface area contributed by atoms with Crippen LogP contribution in [0.4, 0.5) is 0 Å². The van der Waals surface area contributed by atoms with E-state index in [9.17, 15) is 0 Å². The molecule has 3 aromatic rings. The molecule has 1 aliphatic rings. The molecule has 0 N–H and O–H groups in total. The minimum absolute atomic E-state index is 0.709. The highest BCUT2D eigenvalue weighted by Gasteiger charge is 2.24. The molecule has 0 saturated heterocycles. The monoisotopic (exact) mass is 263 g/mol. The van der Waals surface area contributed by atoms with Gasteiger partial charge in [0.1, 0.15) is 5.75 Å². The summed E-state index contributed by atoms with van der Waals surface area (Å²) in [5.74, 6) is 0.962. The van der Waals surface area contributed by atoms with E-state index >= 15 is 0 Å². The van der Waals surface area contributed by atoms with Crippen LogP contribution in [0.15, 0.2) is 42.5 Å². The lowest BCUT2D eigenvalue weighted by molar-refractivity contribution is 0.340. The second-order valence-electron chi connectivity index (χ2n) is 5.33. The summed E-state index contributed by atoms with van der Waals surface area (Å²) < 4.78 is 7.96. The predicted octanol–water partition coefficient (Wildman–Crippen LogP) is 4.15. The van der Waals surface area contributed by atoms with Gasteiger partial charge < -0.3 is 9.30 Å². The lowest BCUT2D eigenvalue weighted by atomic mass is 10.1. The van der Waals surface area contributed by atoms with Crippen molar-refractivity contribution in [3.8, 4) is 17.0 Å². The van der Waals surface area contributed by atoms with Crippen molar-refractivity contribution < 1.29 is 4.74 Å². The second kappa shape index (κ2) is 4.14. The molecule has 0 aliphatic heterocycles. The third-order valence-electron chi connectivity index (χ3n) is 4.23. The number of hydrogen-bond donors (Lipinski definition) is 0. The Kier molecular flexibility index (Phi) is 2.40. The molecule has 1 aliphatic carbocycles. The number of rotatable bonds is 2. The zero-order chi connectivity index (χ0) is 13.7. The van der Waals surface area contributed by atoms with Crippen LogP contribution < -0.4 is 4.74 Å². The number of hydrogen-bond acceptors (Lipinski definition) is 1. The molecule has 0 spiro atoms. The lowest BCUT2D eigenvalue weighted by Crippen LogP contribution is -1.93. The normalized spacial score (nSPS) is 12.5. The molecule has 0 bridgehead atoms. The average Bonchev–Trinajstić information content (AvgIpc) is 2.97. The molecule has 0 unspecified atom stereocenters. The highest BCUT2D eigenvalue weighted by molar-refractivity contribution is 5.96. The minimum Gasteiger partial charge on any atom is -0.494 e. The third kappa shape index (κ3) is 1.45. The van der Waals surface area contributed by atoms with E-state index < -0.39 is 0 Å². The SMILES string of the molecule is CCOc1ccc2c(c1)c1c(n2C)-c2ccccc2C1. The maximum absolute atomic E-state index is 5.65. The van der Waals surface area contributed by atoms with Crippen LogP contribution in [-0.2, 0) is 13.5 Å². The molecule has 0 fully saturated rings. The van der Waals surface area contributed by atoms with E-state index in [4.69, 9.17) is 4.74 Å². The summed E-state index contributed by atoms with van der Waals surface area (Å²) >= 11 is 0. The van der Waals surface area contributed by atoms with Crippen molar-refractivity contribution in [3.63, 3.8) is 0 Å². The van der Waals surface area contributed by atoms with Crippen LogP contribution >= 0.6 is 0 Å². The zero-order valence-electron chi connectivity index (χ0n) is 11.8. The van der Waals surface area contributed by atoms with E-state index in [2.05, 4.69) is 54.1 Å². The van der Waals surface area contributed by atoms with E-state index in [-0.39, 0.29) is 0 Å². The number of fused-ring (bicyclic) bond motifs is 5. The molecule has 0 atom stereocenters. The van der Waals surface area contributed by atoms with Crippen molar-refractivity contribution in [1.82, 2.24) is 4.57 Å². The van der Waals surface area contributed by atoms with E-state index in [1.165, 1.54) is 33.3 Å². The summed E-state index contributed by atoms with van der Waals surface area (Å²) in [7, 11) is 2.16. The first-order chi connectivity index (χ1) is 9.79. The van der Waals surface area contributed by atoms with Gasteiger partial charge in [0.25, 0.3) is 0 Å². The minimum atomic E-state index is 0.709. The van der Waals surface area contributed by atoms with Crippen molar-refractivity contribution >= 4 is 10.9 Å². The fourth-order valence-electron chi connectivity index (χ4n) is 3.37. The van der Waals surface area contributed by atoms with Gasteiger partial charge in [0, 0.05) is 29.9 Å². The molecule has 1 heterocycles. The molecule has 100 valence electrons. The number of aromatic nitrogens is 1. The molecule has 0 saturated carbocycles. The molecule has 2 aromatic carbocycles. The highest BCUT2D eigenvalue weighted by atomic mass is 16.5. The van der Waals surface area contributed by atoms with Crippen molar-refractivity contribution in [1.29, 1.82) is 0 Å². The van der Waals surface area contributed by atoms with Gasteiger partial charge in [-0.3, -0.25) is 0 Å². The maximum atomic E-state index is 5.65. The molecular formula is C18H17NO. The molecule has 20 heavy (non-hydrogen) atoms. The van der Waals surface area contributed by atoms with Crippen LogP contribution in [0.25, 0.3) is 22.2 Å². The smallest absolute Gasteiger partial charge is 0.120 e. The Labute approximate surface area is 118 Å². The fraction of sp³-hybridized carbons (Fsp3) is 0.222. The first-order valence-electron chi connectivity index (χ1n) is 7.12. The number of benzene rings is 2. The average molecular weight is 263 g/mol. The van der Waals surface area contributed by atoms with Gasteiger partial charge >= 0.3 is 0 Å². The molecule has 1 aromatic heterocycles. The highest BCUT2D eigenvalue weighted by Crippen LogP contribution is 2.42. The zero-order valence-corrected chi connectivity index (χ0v) is 11.8. The van der Waals surface area contributed by atoms with E-state index in [0.717, 1.165) is 12.2 Å². The van der Waals surface area contributed by atoms with Crippen molar-refractivity contribution in [2.45, 2.75) is 13.3 Å². The van der Waals surface area contributed by atoms with Crippen molar-refractivity contribution in [2.24, 2.45) is 7.05 Å². The standard InChI is InChI=1S/C18H17NO/c1-3-20-13-8-9-17-15(11-13)16-10-12-6-4-5-7-14(12)18(16)19(17)2/h4-9,11H,3,10H2,1-2H3. The fourth-order valence-corrected chi connectivity index (χ4v) is 3.37. The quantitative estimate of drug-likeness (QED) is 0.530. The van der Waals surface area contributed by atoms with Crippen LogP contribution in [-0.4, -0.2) is 11.2 Å².